The molecule has 150 valence electrons. The fraction of sp³-hybridized carbons (Fsp3) is 0.250. The second-order valence-electron chi connectivity index (χ2n) is 8.37. The molecule has 0 radical (unpaired) electrons. The number of rotatable bonds is 4. The van der Waals surface area contributed by atoms with Crippen LogP contribution in [0.3, 0.4) is 0 Å². The lowest BCUT2D eigenvalue weighted by Gasteiger charge is -2.27. The summed E-state index contributed by atoms with van der Waals surface area (Å²) in [7, 11) is 1.84. The number of hydrogen-bond acceptors (Lipinski definition) is 2. The number of aromatic amines is 1. The highest BCUT2D eigenvalue weighted by Crippen LogP contribution is 2.37. The number of aryl methyl sites for hydroxylation is 1. The van der Waals surface area contributed by atoms with Crippen molar-refractivity contribution in [2.75, 3.05) is 0 Å². The van der Waals surface area contributed by atoms with E-state index >= 15 is 0 Å². The van der Waals surface area contributed by atoms with Crippen LogP contribution in [-0.2, 0) is 13.6 Å². The zero-order chi connectivity index (χ0) is 20.4. The van der Waals surface area contributed by atoms with E-state index in [2.05, 4.69) is 33.8 Å². The van der Waals surface area contributed by atoms with E-state index < -0.39 is 5.82 Å². The van der Waals surface area contributed by atoms with Gasteiger partial charge < -0.3 is 14.1 Å². The van der Waals surface area contributed by atoms with Crippen LogP contribution in [0.15, 0.2) is 42.6 Å². The van der Waals surface area contributed by atoms with E-state index in [9.17, 15) is 9.18 Å². The number of hydrogen-bond donors (Lipinski definition) is 1. The zero-order valence-electron chi connectivity index (χ0n) is 16.7. The van der Waals surface area contributed by atoms with E-state index in [0.29, 0.717) is 34.6 Å². The van der Waals surface area contributed by atoms with Crippen LogP contribution in [0, 0.1) is 11.7 Å². The lowest BCUT2D eigenvalue weighted by molar-refractivity contribution is 0.112. The van der Waals surface area contributed by atoms with Crippen molar-refractivity contribution in [2.45, 2.75) is 25.8 Å². The molecule has 1 saturated carbocycles. The summed E-state index contributed by atoms with van der Waals surface area (Å²) in [5, 5.41) is 2.31. The molecule has 3 aromatic heterocycles. The van der Waals surface area contributed by atoms with Crippen molar-refractivity contribution >= 4 is 39.1 Å². The summed E-state index contributed by atoms with van der Waals surface area (Å²) in [6.07, 6.45) is 6.38. The molecule has 0 saturated heterocycles. The van der Waals surface area contributed by atoms with Gasteiger partial charge in [0, 0.05) is 36.1 Å². The van der Waals surface area contributed by atoms with Gasteiger partial charge in [-0.2, -0.15) is 0 Å². The van der Waals surface area contributed by atoms with Crippen molar-refractivity contribution in [1.82, 2.24) is 19.1 Å². The molecule has 30 heavy (non-hydrogen) atoms. The van der Waals surface area contributed by atoms with Crippen LogP contribution < -0.4 is 0 Å². The van der Waals surface area contributed by atoms with E-state index in [-0.39, 0.29) is 0 Å². The molecule has 1 aliphatic rings. The van der Waals surface area contributed by atoms with Gasteiger partial charge in [0.1, 0.15) is 17.6 Å². The maximum Gasteiger partial charge on any atom is 0.157 e. The normalized spacial score (nSPS) is 14.7. The predicted octanol–water partition coefficient (Wildman–Crippen LogP) is 5.43. The highest BCUT2D eigenvalue weighted by atomic mass is 19.1. The van der Waals surface area contributed by atoms with E-state index in [1.54, 1.807) is 10.6 Å². The minimum Gasteiger partial charge on any atom is -0.359 e. The second kappa shape index (κ2) is 6.29. The molecular weight excluding hydrogens is 379 g/mol. The minimum absolute atomic E-state index is 0.299. The van der Waals surface area contributed by atoms with Crippen molar-refractivity contribution in [3.63, 3.8) is 0 Å². The molecule has 6 heteroatoms. The quantitative estimate of drug-likeness (QED) is 0.409. The summed E-state index contributed by atoms with van der Waals surface area (Å²) < 4.78 is 18.9. The smallest absolute Gasteiger partial charge is 0.157 e. The summed E-state index contributed by atoms with van der Waals surface area (Å²) in [5.74, 6) is 0.934. The number of benzene rings is 2. The van der Waals surface area contributed by atoms with Crippen molar-refractivity contribution in [2.24, 2.45) is 13.0 Å². The standard InChI is InChI=1S/C24H21FN4O/c1-28-23-18(25)9-15(13-30)10-19(23)27-24(28)20-11-17-6-5-16-7-8-26-21(16)22(17)29(20)12-14-3-2-4-14/h5-11,13-14,26H,2-4,12H2,1H3. The Labute approximate surface area is 172 Å². The number of nitrogens with zero attached hydrogens (tertiary/aromatic N) is 3. The number of halogens is 1. The first-order valence-corrected chi connectivity index (χ1v) is 10.3. The van der Waals surface area contributed by atoms with Crippen LogP contribution in [0.5, 0.6) is 0 Å². The van der Waals surface area contributed by atoms with Crippen LogP contribution in [0.1, 0.15) is 29.6 Å². The van der Waals surface area contributed by atoms with Crippen molar-refractivity contribution in [3.05, 3.63) is 54.0 Å². The largest absolute Gasteiger partial charge is 0.359 e. The molecule has 5 aromatic rings. The Balaban J connectivity index is 1.65. The Bertz CT molecular complexity index is 1450. The van der Waals surface area contributed by atoms with Crippen LogP contribution >= 0.6 is 0 Å². The van der Waals surface area contributed by atoms with Crippen molar-refractivity contribution in [3.8, 4) is 11.5 Å². The summed E-state index contributed by atoms with van der Waals surface area (Å²) in [6.45, 7) is 0.919. The molecular formula is C24H21FN4O. The number of nitrogens with one attached hydrogen (secondary N) is 1. The minimum atomic E-state index is -0.427. The molecule has 0 unspecified atom stereocenters. The molecule has 3 heterocycles. The number of imidazole rings is 1. The molecule has 0 amide bonds. The van der Waals surface area contributed by atoms with Gasteiger partial charge in [-0.05, 0) is 43.0 Å². The lowest BCUT2D eigenvalue weighted by Crippen LogP contribution is -2.19. The van der Waals surface area contributed by atoms with Crippen LogP contribution in [0.25, 0.3) is 44.4 Å². The Morgan fingerprint density at radius 1 is 1.17 bits per heavy atom. The van der Waals surface area contributed by atoms with Crippen LogP contribution in [0.4, 0.5) is 4.39 Å². The molecule has 1 aliphatic carbocycles. The highest BCUT2D eigenvalue weighted by Gasteiger charge is 2.24. The average Bonchev–Trinajstić information content (AvgIpc) is 3.39. The average molecular weight is 400 g/mol. The van der Waals surface area contributed by atoms with Gasteiger partial charge >= 0.3 is 0 Å². The summed E-state index contributed by atoms with van der Waals surface area (Å²) in [6, 6.07) is 11.4. The fourth-order valence-electron chi connectivity index (χ4n) is 4.80. The van der Waals surface area contributed by atoms with E-state index in [4.69, 9.17) is 4.98 Å². The number of carbonyl (C=O) groups excluding carboxylic acids is 1. The van der Waals surface area contributed by atoms with Crippen LogP contribution in [0.2, 0.25) is 0 Å². The van der Waals surface area contributed by atoms with E-state index in [1.165, 1.54) is 36.2 Å². The third-order valence-corrected chi connectivity index (χ3v) is 6.56. The molecule has 0 aliphatic heterocycles. The maximum absolute atomic E-state index is 14.7. The van der Waals surface area contributed by atoms with Gasteiger partial charge in [-0.3, -0.25) is 4.79 Å². The van der Waals surface area contributed by atoms with Gasteiger partial charge in [-0.15, -0.1) is 0 Å². The van der Waals surface area contributed by atoms with E-state index in [1.807, 2.05) is 13.2 Å². The zero-order valence-corrected chi connectivity index (χ0v) is 16.7. The Morgan fingerprint density at radius 2 is 2.00 bits per heavy atom. The summed E-state index contributed by atoms with van der Waals surface area (Å²) >= 11 is 0. The molecule has 5 nitrogen and oxygen atoms in total. The Kier molecular flexibility index (Phi) is 3.66. The number of carbonyl (C=O) groups is 1. The number of aldehydes is 1. The maximum atomic E-state index is 14.7. The first-order valence-electron chi connectivity index (χ1n) is 10.3. The molecule has 0 bridgehead atoms. The molecule has 1 fully saturated rings. The molecule has 1 N–H and O–H groups in total. The molecule has 0 spiro atoms. The molecule has 2 aromatic carbocycles. The first-order chi connectivity index (χ1) is 14.6. The summed E-state index contributed by atoms with van der Waals surface area (Å²) in [5.41, 5.74) is 4.48. The van der Waals surface area contributed by atoms with Crippen LogP contribution in [-0.4, -0.2) is 25.4 Å². The van der Waals surface area contributed by atoms with Gasteiger partial charge in [0.25, 0.3) is 0 Å². The predicted molar refractivity (Wildman–Crippen MR) is 116 cm³/mol. The van der Waals surface area contributed by atoms with E-state index in [0.717, 1.165) is 23.1 Å². The van der Waals surface area contributed by atoms with Gasteiger partial charge in [0.05, 0.1) is 22.2 Å². The molecule has 0 atom stereocenters. The highest BCUT2D eigenvalue weighted by molar-refractivity contribution is 6.06. The molecule has 6 rings (SSSR count). The third-order valence-electron chi connectivity index (χ3n) is 6.56. The fourth-order valence-corrected chi connectivity index (χ4v) is 4.80. The van der Waals surface area contributed by atoms with Gasteiger partial charge in [0.2, 0.25) is 0 Å². The van der Waals surface area contributed by atoms with Crippen molar-refractivity contribution < 1.29 is 9.18 Å². The first kappa shape index (κ1) is 17.4. The second-order valence-corrected chi connectivity index (χ2v) is 8.37. The lowest BCUT2D eigenvalue weighted by atomic mass is 9.85. The van der Waals surface area contributed by atoms with Crippen molar-refractivity contribution in [1.29, 1.82) is 0 Å². The third kappa shape index (κ3) is 2.39. The Hall–Kier alpha value is -3.41. The SMILES string of the molecule is Cn1c(-c2cc3ccc4cc[nH]c4c3n2CC2CCC2)nc2cc(C=O)cc(F)c21. The number of aromatic nitrogens is 4. The van der Waals surface area contributed by atoms with Gasteiger partial charge in [0.15, 0.2) is 5.82 Å². The Morgan fingerprint density at radius 3 is 2.77 bits per heavy atom. The topological polar surface area (TPSA) is 55.6 Å². The monoisotopic (exact) mass is 400 g/mol. The van der Waals surface area contributed by atoms with Gasteiger partial charge in [-0.1, -0.05) is 18.6 Å². The number of H-pyrrole nitrogens is 1. The van der Waals surface area contributed by atoms with Gasteiger partial charge in [-0.25, -0.2) is 9.37 Å². The summed E-state index contributed by atoms with van der Waals surface area (Å²) in [4.78, 5) is 19.3. The number of fused-ring (bicyclic) bond motifs is 4.